The Labute approximate surface area is 116 Å². The normalized spacial score (nSPS) is 16.6. The van der Waals surface area contributed by atoms with Gasteiger partial charge < -0.3 is 10.2 Å². The van der Waals surface area contributed by atoms with E-state index in [2.05, 4.69) is 10.0 Å². The Bertz CT molecular complexity index is 547. The molecule has 1 saturated heterocycles. The van der Waals surface area contributed by atoms with Gasteiger partial charge in [-0.05, 0) is 19.1 Å². The molecule has 0 bridgehead atoms. The summed E-state index contributed by atoms with van der Waals surface area (Å²) in [6.45, 7) is 4.41. The summed E-state index contributed by atoms with van der Waals surface area (Å²) in [5.74, 6) is -0.182. The highest BCUT2D eigenvalue weighted by Crippen LogP contribution is 2.20. The third-order valence-electron chi connectivity index (χ3n) is 2.86. The number of nitrogens with one attached hydrogen (secondary N) is 2. The van der Waals surface area contributed by atoms with Crippen LogP contribution < -0.4 is 10.0 Å². The number of rotatable bonds is 4. The fraction of sp³-hybridized carbons (Fsp3) is 0.545. The van der Waals surface area contributed by atoms with E-state index in [1.54, 1.807) is 17.0 Å². The monoisotopic (exact) mass is 303 g/mol. The molecule has 8 heteroatoms. The SMILES string of the molecule is Cc1ccc(S(=O)(=O)NCC(=O)N2CCNCC2)s1. The molecule has 2 N–H and O–H groups in total. The predicted molar refractivity (Wildman–Crippen MR) is 73.7 cm³/mol. The van der Waals surface area contributed by atoms with Crippen LogP contribution in [0.2, 0.25) is 0 Å². The molecule has 0 unspecified atom stereocenters. The molecule has 0 saturated carbocycles. The molecule has 0 spiro atoms. The number of carbonyl (C=O) groups excluding carboxylic acids is 1. The lowest BCUT2D eigenvalue weighted by molar-refractivity contribution is -0.130. The van der Waals surface area contributed by atoms with Gasteiger partial charge in [-0.15, -0.1) is 11.3 Å². The molecule has 1 fully saturated rings. The summed E-state index contributed by atoms with van der Waals surface area (Å²) in [6, 6.07) is 3.30. The highest BCUT2D eigenvalue weighted by atomic mass is 32.2. The number of piperazine rings is 1. The molecule has 1 aliphatic heterocycles. The first-order chi connectivity index (χ1) is 8.99. The van der Waals surface area contributed by atoms with E-state index in [4.69, 9.17) is 0 Å². The third kappa shape index (κ3) is 3.75. The summed E-state index contributed by atoms with van der Waals surface area (Å²) in [7, 11) is -3.57. The van der Waals surface area contributed by atoms with Crippen LogP contribution >= 0.6 is 11.3 Å². The zero-order chi connectivity index (χ0) is 13.9. The lowest BCUT2D eigenvalue weighted by Gasteiger charge is -2.27. The van der Waals surface area contributed by atoms with Crippen molar-refractivity contribution in [2.75, 3.05) is 32.7 Å². The van der Waals surface area contributed by atoms with Gasteiger partial charge in [0.1, 0.15) is 4.21 Å². The average molecular weight is 303 g/mol. The number of hydrogen-bond donors (Lipinski definition) is 2. The minimum atomic E-state index is -3.57. The molecule has 1 aliphatic rings. The molecule has 1 amide bonds. The number of aryl methyl sites for hydroxylation is 1. The van der Waals surface area contributed by atoms with Crippen LogP contribution in [0.3, 0.4) is 0 Å². The second-order valence-corrected chi connectivity index (χ2v) is 7.60. The van der Waals surface area contributed by atoms with E-state index in [9.17, 15) is 13.2 Å². The largest absolute Gasteiger partial charge is 0.339 e. The van der Waals surface area contributed by atoms with Crippen LogP contribution in [0, 0.1) is 6.92 Å². The third-order valence-corrected chi connectivity index (χ3v) is 5.76. The Balaban J connectivity index is 1.92. The van der Waals surface area contributed by atoms with Gasteiger partial charge in [-0.2, -0.15) is 0 Å². The van der Waals surface area contributed by atoms with Gasteiger partial charge >= 0.3 is 0 Å². The molecule has 0 aromatic carbocycles. The Morgan fingerprint density at radius 2 is 2.11 bits per heavy atom. The molecule has 0 atom stereocenters. The van der Waals surface area contributed by atoms with Crippen LogP contribution in [0.25, 0.3) is 0 Å². The first-order valence-corrected chi connectivity index (χ1v) is 8.33. The van der Waals surface area contributed by atoms with Crippen LogP contribution in [0.5, 0.6) is 0 Å². The maximum atomic E-state index is 11.9. The first kappa shape index (κ1) is 14.4. The minimum Gasteiger partial charge on any atom is -0.339 e. The maximum absolute atomic E-state index is 11.9. The molecule has 2 rings (SSSR count). The van der Waals surface area contributed by atoms with E-state index < -0.39 is 10.0 Å². The van der Waals surface area contributed by atoms with Crippen LogP contribution in [0.1, 0.15) is 4.88 Å². The van der Waals surface area contributed by atoms with E-state index >= 15 is 0 Å². The lowest BCUT2D eigenvalue weighted by Crippen LogP contribution is -2.49. The van der Waals surface area contributed by atoms with E-state index in [0.29, 0.717) is 13.1 Å². The van der Waals surface area contributed by atoms with Crippen molar-refractivity contribution in [1.29, 1.82) is 0 Å². The summed E-state index contributed by atoms with van der Waals surface area (Å²) in [6.07, 6.45) is 0. The van der Waals surface area contributed by atoms with Crippen molar-refractivity contribution in [2.45, 2.75) is 11.1 Å². The predicted octanol–water partition coefficient (Wildman–Crippen LogP) is -0.233. The van der Waals surface area contributed by atoms with E-state index in [1.165, 1.54) is 11.3 Å². The molecule has 6 nitrogen and oxygen atoms in total. The average Bonchev–Trinajstić information content (AvgIpc) is 2.85. The quantitative estimate of drug-likeness (QED) is 0.805. The van der Waals surface area contributed by atoms with Crippen molar-refractivity contribution in [3.63, 3.8) is 0 Å². The van der Waals surface area contributed by atoms with Crippen LogP contribution in [-0.4, -0.2) is 51.9 Å². The molecular weight excluding hydrogens is 286 g/mol. The summed E-state index contributed by atoms with van der Waals surface area (Å²) in [5.41, 5.74) is 0. The van der Waals surface area contributed by atoms with E-state index in [-0.39, 0.29) is 16.7 Å². The molecule has 0 radical (unpaired) electrons. The van der Waals surface area contributed by atoms with Gasteiger partial charge in [-0.25, -0.2) is 13.1 Å². The van der Waals surface area contributed by atoms with Crippen molar-refractivity contribution in [2.24, 2.45) is 0 Å². The van der Waals surface area contributed by atoms with Crippen molar-refractivity contribution < 1.29 is 13.2 Å². The fourth-order valence-electron chi connectivity index (χ4n) is 1.81. The maximum Gasteiger partial charge on any atom is 0.250 e. The van der Waals surface area contributed by atoms with Crippen LogP contribution in [0.4, 0.5) is 0 Å². The first-order valence-electron chi connectivity index (χ1n) is 6.03. The number of sulfonamides is 1. The number of amides is 1. The number of thiophene rings is 1. The van der Waals surface area contributed by atoms with Gasteiger partial charge in [-0.3, -0.25) is 4.79 Å². The Morgan fingerprint density at radius 1 is 1.42 bits per heavy atom. The van der Waals surface area contributed by atoms with Gasteiger partial charge in [0.15, 0.2) is 0 Å². The molecular formula is C11H17N3O3S2. The zero-order valence-electron chi connectivity index (χ0n) is 10.7. The number of nitrogens with zero attached hydrogens (tertiary/aromatic N) is 1. The molecule has 1 aromatic heterocycles. The molecule has 0 aliphatic carbocycles. The second kappa shape index (κ2) is 6.00. The summed E-state index contributed by atoms with van der Waals surface area (Å²) < 4.78 is 26.5. The van der Waals surface area contributed by atoms with Gasteiger partial charge in [-0.1, -0.05) is 0 Å². The van der Waals surface area contributed by atoms with Crippen molar-refractivity contribution >= 4 is 27.3 Å². The number of carbonyl (C=O) groups is 1. The summed E-state index contributed by atoms with van der Waals surface area (Å²) >= 11 is 1.20. The van der Waals surface area contributed by atoms with Gasteiger partial charge in [0.25, 0.3) is 10.0 Å². The smallest absolute Gasteiger partial charge is 0.250 e. The Morgan fingerprint density at radius 3 is 2.68 bits per heavy atom. The number of hydrogen-bond acceptors (Lipinski definition) is 5. The molecule has 2 heterocycles. The summed E-state index contributed by atoms with van der Waals surface area (Å²) in [4.78, 5) is 14.4. The van der Waals surface area contributed by atoms with Gasteiger partial charge in [0.05, 0.1) is 6.54 Å². The molecule has 1 aromatic rings. The second-order valence-electron chi connectivity index (χ2n) is 4.32. The standard InChI is InChI=1S/C11H17N3O3S2/c1-9-2-3-11(18-9)19(16,17)13-8-10(15)14-6-4-12-5-7-14/h2-3,12-13H,4-8H2,1H3. The highest BCUT2D eigenvalue weighted by molar-refractivity contribution is 7.91. The van der Waals surface area contributed by atoms with Crippen molar-refractivity contribution in [3.8, 4) is 0 Å². The highest BCUT2D eigenvalue weighted by Gasteiger charge is 2.20. The van der Waals surface area contributed by atoms with E-state index in [0.717, 1.165) is 18.0 Å². The van der Waals surface area contributed by atoms with Gasteiger partial charge in [0.2, 0.25) is 5.91 Å². The molecule has 106 valence electrons. The fourth-order valence-corrected chi connectivity index (χ4v) is 4.11. The summed E-state index contributed by atoms with van der Waals surface area (Å²) in [5, 5.41) is 3.14. The topological polar surface area (TPSA) is 78.5 Å². The zero-order valence-corrected chi connectivity index (χ0v) is 12.3. The van der Waals surface area contributed by atoms with Crippen molar-refractivity contribution in [1.82, 2.24) is 14.9 Å². The Kier molecular flexibility index (Phi) is 4.56. The van der Waals surface area contributed by atoms with Gasteiger partial charge in [0, 0.05) is 31.1 Å². The van der Waals surface area contributed by atoms with Crippen molar-refractivity contribution in [3.05, 3.63) is 17.0 Å². The van der Waals surface area contributed by atoms with Crippen LogP contribution in [0.15, 0.2) is 16.3 Å². The van der Waals surface area contributed by atoms with Crippen LogP contribution in [-0.2, 0) is 14.8 Å². The minimum absolute atomic E-state index is 0.181. The molecule has 19 heavy (non-hydrogen) atoms. The van der Waals surface area contributed by atoms with E-state index in [1.807, 2.05) is 6.92 Å². The lowest BCUT2D eigenvalue weighted by atomic mass is 10.3. The Hall–Kier alpha value is -0.960.